The molecule has 0 spiro atoms. The maximum Gasteiger partial charge on any atom is 0.161 e. The van der Waals surface area contributed by atoms with Crippen LogP contribution in [-0.2, 0) is 0 Å². The zero-order valence-corrected chi connectivity index (χ0v) is 13.1. The second-order valence-corrected chi connectivity index (χ2v) is 5.48. The van der Waals surface area contributed by atoms with Crippen LogP contribution >= 0.6 is 11.3 Å². The summed E-state index contributed by atoms with van der Waals surface area (Å²) in [7, 11) is 3.22. The predicted molar refractivity (Wildman–Crippen MR) is 87.8 cm³/mol. The summed E-state index contributed by atoms with van der Waals surface area (Å²) >= 11 is 1.49. The number of benzene rings is 2. The van der Waals surface area contributed by atoms with Gasteiger partial charge in [0.15, 0.2) is 11.5 Å². The first kappa shape index (κ1) is 14.4. The quantitative estimate of drug-likeness (QED) is 0.784. The Hall–Kier alpha value is -2.53. The number of phenolic OH excluding ortho intramolecular Hbond substituents is 1. The third kappa shape index (κ3) is 2.63. The molecule has 0 bridgehead atoms. The fourth-order valence-electron chi connectivity index (χ4n) is 2.18. The van der Waals surface area contributed by atoms with Crippen molar-refractivity contribution in [2.24, 2.45) is 0 Å². The topological polar surface area (TPSA) is 51.6 Å². The van der Waals surface area contributed by atoms with Gasteiger partial charge in [-0.15, -0.1) is 11.3 Å². The van der Waals surface area contributed by atoms with Crippen LogP contribution in [0.2, 0.25) is 0 Å². The average Bonchev–Trinajstić information content (AvgIpc) is 3.04. The number of para-hydroxylation sites is 1. The van der Waals surface area contributed by atoms with E-state index in [9.17, 15) is 5.11 Å². The van der Waals surface area contributed by atoms with E-state index in [1.165, 1.54) is 11.3 Å². The van der Waals surface area contributed by atoms with E-state index < -0.39 is 0 Å². The van der Waals surface area contributed by atoms with Crippen LogP contribution < -0.4 is 9.47 Å². The molecule has 1 heterocycles. The smallest absolute Gasteiger partial charge is 0.161 e. The van der Waals surface area contributed by atoms with Gasteiger partial charge in [0.1, 0.15) is 10.8 Å². The van der Waals surface area contributed by atoms with Gasteiger partial charge in [-0.3, -0.25) is 0 Å². The molecule has 22 heavy (non-hydrogen) atoms. The second-order valence-electron chi connectivity index (χ2n) is 4.62. The number of hydrogen-bond acceptors (Lipinski definition) is 5. The number of ether oxygens (including phenoxy) is 2. The van der Waals surface area contributed by atoms with Gasteiger partial charge in [0.05, 0.1) is 25.5 Å². The number of hydrogen-bond donors (Lipinski definition) is 1. The summed E-state index contributed by atoms with van der Waals surface area (Å²) in [5.74, 6) is 1.58. The molecule has 0 aliphatic heterocycles. The number of methoxy groups -OCH3 is 2. The van der Waals surface area contributed by atoms with Crippen molar-refractivity contribution < 1.29 is 14.6 Å². The molecule has 4 nitrogen and oxygen atoms in total. The lowest BCUT2D eigenvalue weighted by Crippen LogP contribution is -1.90. The molecule has 0 aliphatic carbocycles. The number of aromatic hydroxyl groups is 1. The fraction of sp³-hybridized carbons (Fsp3) is 0.118. The van der Waals surface area contributed by atoms with Crippen molar-refractivity contribution in [2.75, 3.05) is 14.2 Å². The molecule has 0 radical (unpaired) electrons. The molecule has 1 N–H and O–H groups in total. The van der Waals surface area contributed by atoms with Crippen LogP contribution in [0.4, 0.5) is 0 Å². The van der Waals surface area contributed by atoms with E-state index in [4.69, 9.17) is 9.47 Å². The highest BCUT2D eigenvalue weighted by Crippen LogP contribution is 2.36. The van der Waals surface area contributed by atoms with Crippen LogP contribution in [0.5, 0.6) is 17.2 Å². The first-order chi connectivity index (χ1) is 10.7. The minimum Gasteiger partial charge on any atom is -0.507 e. The standard InChI is InChI=1S/C17H15NO3S/c1-20-15-8-7-11(9-16(15)21-2)13-10-22-17(18-13)12-5-3-4-6-14(12)19/h3-10,19H,1-2H3. The molecule has 3 aromatic rings. The number of rotatable bonds is 4. The Morgan fingerprint density at radius 2 is 1.77 bits per heavy atom. The highest BCUT2D eigenvalue weighted by Gasteiger charge is 2.12. The minimum absolute atomic E-state index is 0.232. The number of thiazole rings is 1. The van der Waals surface area contributed by atoms with Gasteiger partial charge in [0.25, 0.3) is 0 Å². The molecular formula is C17H15NO3S. The molecule has 0 amide bonds. The summed E-state index contributed by atoms with van der Waals surface area (Å²) in [5.41, 5.74) is 2.51. The Bertz CT molecular complexity index is 798. The maximum absolute atomic E-state index is 9.92. The molecule has 0 aliphatic rings. The third-order valence-corrected chi connectivity index (χ3v) is 4.19. The van der Waals surface area contributed by atoms with Crippen LogP contribution in [0, 0.1) is 0 Å². The van der Waals surface area contributed by atoms with Gasteiger partial charge in [0, 0.05) is 10.9 Å². The van der Waals surface area contributed by atoms with Crippen molar-refractivity contribution in [1.82, 2.24) is 4.98 Å². The van der Waals surface area contributed by atoms with Gasteiger partial charge < -0.3 is 14.6 Å². The lowest BCUT2D eigenvalue weighted by molar-refractivity contribution is 0.355. The minimum atomic E-state index is 0.232. The monoisotopic (exact) mass is 313 g/mol. The molecule has 5 heteroatoms. The molecule has 112 valence electrons. The Balaban J connectivity index is 1.99. The van der Waals surface area contributed by atoms with Gasteiger partial charge in [-0.25, -0.2) is 4.98 Å². The molecular weight excluding hydrogens is 298 g/mol. The van der Waals surface area contributed by atoms with Gasteiger partial charge in [0.2, 0.25) is 0 Å². The van der Waals surface area contributed by atoms with E-state index in [1.807, 2.05) is 35.7 Å². The molecule has 0 fully saturated rings. The van der Waals surface area contributed by atoms with Crippen molar-refractivity contribution in [1.29, 1.82) is 0 Å². The van der Waals surface area contributed by atoms with Crippen LogP contribution in [0.25, 0.3) is 21.8 Å². The van der Waals surface area contributed by atoms with Gasteiger partial charge in [-0.05, 0) is 30.3 Å². The summed E-state index contributed by atoms with van der Waals surface area (Å²) in [4.78, 5) is 4.60. The lowest BCUT2D eigenvalue weighted by Gasteiger charge is -2.08. The van der Waals surface area contributed by atoms with Crippen LogP contribution in [0.15, 0.2) is 47.8 Å². The van der Waals surface area contributed by atoms with Crippen LogP contribution in [-0.4, -0.2) is 24.3 Å². The maximum atomic E-state index is 9.92. The molecule has 0 saturated heterocycles. The van der Waals surface area contributed by atoms with E-state index in [-0.39, 0.29) is 5.75 Å². The summed E-state index contributed by atoms with van der Waals surface area (Å²) in [6.45, 7) is 0. The van der Waals surface area contributed by atoms with Crippen molar-refractivity contribution in [3.05, 3.63) is 47.8 Å². The first-order valence-corrected chi connectivity index (χ1v) is 7.57. The fourth-order valence-corrected chi connectivity index (χ4v) is 3.04. The zero-order valence-electron chi connectivity index (χ0n) is 12.2. The summed E-state index contributed by atoms with van der Waals surface area (Å²) in [5, 5.41) is 12.7. The second kappa shape index (κ2) is 6.07. The molecule has 2 aromatic carbocycles. The Morgan fingerprint density at radius 3 is 2.50 bits per heavy atom. The zero-order chi connectivity index (χ0) is 15.5. The SMILES string of the molecule is COc1ccc(-c2csc(-c3ccccc3O)n2)cc1OC. The van der Waals surface area contributed by atoms with Gasteiger partial charge in [-0.2, -0.15) is 0 Å². The number of phenols is 1. The van der Waals surface area contributed by atoms with Crippen LogP contribution in [0.3, 0.4) is 0 Å². The van der Waals surface area contributed by atoms with Crippen molar-refractivity contribution >= 4 is 11.3 Å². The highest BCUT2D eigenvalue weighted by molar-refractivity contribution is 7.13. The Kier molecular flexibility index (Phi) is 3.98. The highest BCUT2D eigenvalue weighted by atomic mass is 32.1. The van der Waals surface area contributed by atoms with E-state index in [2.05, 4.69) is 4.98 Å². The van der Waals surface area contributed by atoms with E-state index in [1.54, 1.807) is 26.4 Å². The molecule has 0 atom stereocenters. The Morgan fingerprint density at radius 1 is 1.00 bits per heavy atom. The van der Waals surface area contributed by atoms with Crippen molar-refractivity contribution in [2.45, 2.75) is 0 Å². The largest absolute Gasteiger partial charge is 0.507 e. The average molecular weight is 313 g/mol. The summed E-state index contributed by atoms with van der Waals surface area (Å²) in [6.07, 6.45) is 0. The lowest BCUT2D eigenvalue weighted by atomic mass is 10.1. The predicted octanol–water partition coefficient (Wildman–Crippen LogP) is 4.20. The molecule has 3 rings (SSSR count). The number of aromatic nitrogens is 1. The first-order valence-electron chi connectivity index (χ1n) is 6.69. The van der Waals surface area contributed by atoms with Crippen molar-refractivity contribution in [3.63, 3.8) is 0 Å². The van der Waals surface area contributed by atoms with Gasteiger partial charge in [-0.1, -0.05) is 12.1 Å². The summed E-state index contributed by atoms with van der Waals surface area (Å²) in [6, 6.07) is 12.9. The Labute approximate surface area is 132 Å². The molecule has 0 saturated carbocycles. The normalized spacial score (nSPS) is 10.5. The third-order valence-electron chi connectivity index (χ3n) is 3.32. The van der Waals surface area contributed by atoms with E-state index >= 15 is 0 Å². The van der Waals surface area contributed by atoms with Crippen LogP contribution in [0.1, 0.15) is 0 Å². The van der Waals surface area contributed by atoms with E-state index in [0.29, 0.717) is 11.5 Å². The van der Waals surface area contributed by atoms with Gasteiger partial charge >= 0.3 is 0 Å². The van der Waals surface area contributed by atoms with E-state index in [0.717, 1.165) is 21.8 Å². The number of nitrogens with zero attached hydrogens (tertiary/aromatic N) is 1. The molecule has 0 unspecified atom stereocenters. The summed E-state index contributed by atoms with van der Waals surface area (Å²) < 4.78 is 10.6. The molecule has 1 aromatic heterocycles. The van der Waals surface area contributed by atoms with Crippen molar-refractivity contribution in [3.8, 4) is 39.1 Å².